The molecule has 2 aromatic rings. The number of anilines is 2. The summed E-state index contributed by atoms with van der Waals surface area (Å²) in [5.74, 6) is 1.34. The van der Waals surface area contributed by atoms with E-state index in [1.54, 1.807) is 20.0 Å². The molecule has 0 radical (unpaired) electrons. The average Bonchev–Trinajstić information content (AvgIpc) is 2.95. The number of aromatic nitrogens is 3. The number of hydrogen-bond acceptors (Lipinski definition) is 8. The normalized spacial score (nSPS) is 20.2. The van der Waals surface area contributed by atoms with Gasteiger partial charge in [0.15, 0.2) is 0 Å². The van der Waals surface area contributed by atoms with Crippen LogP contribution in [0.5, 0.6) is 0 Å². The van der Waals surface area contributed by atoms with Gasteiger partial charge in [-0.05, 0) is 70.9 Å². The first-order valence-corrected chi connectivity index (χ1v) is 15.1. The highest BCUT2D eigenvalue weighted by Gasteiger charge is 2.39. The summed E-state index contributed by atoms with van der Waals surface area (Å²) in [6.07, 6.45) is 9.82. The van der Waals surface area contributed by atoms with Crippen molar-refractivity contribution < 1.29 is 19.4 Å². The van der Waals surface area contributed by atoms with Gasteiger partial charge in [0.05, 0.1) is 28.7 Å². The second kappa shape index (κ2) is 12.3. The quantitative estimate of drug-likeness (QED) is 0.488. The molecule has 10 nitrogen and oxygen atoms in total. The number of aryl methyl sites for hydroxylation is 2. The molecule has 5 rings (SSSR count). The molecule has 222 valence electrons. The maximum Gasteiger partial charge on any atom is 0.337 e. The van der Waals surface area contributed by atoms with Crippen LogP contribution in [0.4, 0.5) is 11.6 Å². The second-order valence-corrected chi connectivity index (χ2v) is 12.5. The molecule has 3 aliphatic rings. The summed E-state index contributed by atoms with van der Waals surface area (Å²) >= 11 is 0. The van der Waals surface area contributed by atoms with E-state index >= 15 is 0 Å². The summed E-state index contributed by atoms with van der Waals surface area (Å²) < 4.78 is 5.61. The van der Waals surface area contributed by atoms with E-state index in [4.69, 9.17) is 14.7 Å². The lowest BCUT2D eigenvalue weighted by Gasteiger charge is -2.47. The number of nitrogens with one attached hydrogen (secondary N) is 1. The van der Waals surface area contributed by atoms with E-state index in [-0.39, 0.29) is 17.4 Å². The van der Waals surface area contributed by atoms with Crippen LogP contribution in [0, 0.1) is 19.8 Å². The van der Waals surface area contributed by atoms with Crippen LogP contribution in [0.15, 0.2) is 12.3 Å². The van der Waals surface area contributed by atoms with E-state index in [9.17, 15) is 14.7 Å². The maximum absolute atomic E-state index is 13.9. The third-order valence-corrected chi connectivity index (χ3v) is 8.98. The molecule has 0 atom stereocenters. The number of carbonyl (C=O) groups excluding carboxylic acids is 1. The van der Waals surface area contributed by atoms with Gasteiger partial charge in [-0.1, -0.05) is 19.3 Å². The van der Waals surface area contributed by atoms with Crippen molar-refractivity contribution in [1.29, 1.82) is 0 Å². The summed E-state index contributed by atoms with van der Waals surface area (Å²) in [5.41, 5.74) is 2.20. The molecular weight excluding hydrogens is 520 g/mol. The van der Waals surface area contributed by atoms with Crippen LogP contribution in [0.25, 0.3) is 0 Å². The molecule has 2 saturated heterocycles. The van der Waals surface area contributed by atoms with Crippen LogP contribution < -0.4 is 10.2 Å². The number of pyridine rings is 1. The van der Waals surface area contributed by atoms with Crippen molar-refractivity contribution in [3.8, 4) is 0 Å². The number of carbonyl (C=O) groups is 2. The zero-order chi connectivity index (χ0) is 29.1. The molecule has 3 fully saturated rings. The van der Waals surface area contributed by atoms with Crippen LogP contribution in [0.2, 0.25) is 0 Å². The number of carboxylic acids is 1. The first-order chi connectivity index (χ1) is 19.6. The molecule has 0 aromatic carbocycles. The van der Waals surface area contributed by atoms with Crippen LogP contribution in [-0.2, 0) is 4.74 Å². The lowest BCUT2D eigenvalue weighted by atomic mass is 9.89. The lowest BCUT2D eigenvalue weighted by Crippen LogP contribution is -2.61. The van der Waals surface area contributed by atoms with E-state index in [2.05, 4.69) is 29.0 Å². The third-order valence-electron chi connectivity index (χ3n) is 8.98. The fourth-order valence-corrected chi connectivity index (χ4v) is 6.69. The minimum Gasteiger partial charge on any atom is -0.478 e. The number of ether oxygens (including phenoxy) is 1. The number of rotatable bonds is 7. The smallest absolute Gasteiger partial charge is 0.337 e. The van der Waals surface area contributed by atoms with Crippen molar-refractivity contribution in [3.05, 3.63) is 40.5 Å². The number of amides is 1. The topological polar surface area (TPSA) is 121 Å². The highest BCUT2D eigenvalue weighted by molar-refractivity contribution is 5.93. The van der Waals surface area contributed by atoms with Crippen LogP contribution >= 0.6 is 0 Å². The zero-order valence-corrected chi connectivity index (χ0v) is 24.9. The van der Waals surface area contributed by atoms with Gasteiger partial charge in [0.1, 0.15) is 17.3 Å². The Morgan fingerprint density at radius 1 is 1.07 bits per heavy atom. The highest BCUT2D eigenvalue weighted by atomic mass is 16.5. The van der Waals surface area contributed by atoms with Crippen molar-refractivity contribution in [2.24, 2.45) is 5.92 Å². The minimum atomic E-state index is -0.966. The molecule has 0 unspecified atom stereocenters. The number of hydrogen-bond donors (Lipinski definition) is 2. The Kier molecular flexibility index (Phi) is 8.77. The molecule has 1 amide bonds. The van der Waals surface area contributed by atoms with Crippen molar-refractivity contribution in [2.45, 2.75) is 84.1 Å². The molecule has 0 spiro atoms. The third kappa shape index (κ3) is 6.47. The minimum absolute atomic E-state index is 0.115. The fraction of sp³-hybridized carbons (Fsp3) is 0.645. The van der Waals surface area contributed by atoms with Gasteiger partial charge in [0, 0.05) is 45.3 Å². The van der Waals surface area contributed by atoms with Gasteiger partial charge in [0.2, 0.25) is 0 Å². The second-order valence-electron chi connectivity index (χ2n) is 12.5. The zero-order valence-electron chi connectivity index (χ0n) is 24.9. The van der Waals surface area contributed by atoms with Crippen LogP contribution in [-0.4, -0.2) is 81.8 Å². The summed E-state index contributed by atoms with van der Waals surface area (Å²) in [7, 11) is 0. The Morgan fingerprint density at radius 2 is 1.80 bits per heavy atom. The first kappa shape index (κ1) is 29.2. The summed E-state index contributed by atoms with van der Waals surface area (Å²) in [4.78, 5) is 43.9. The molecular formula is C31H44N6O4. The highest BCUT2D eigenvalue weighted by Crippen LogP contribution is 2.32. The summed E-state index contributed by atoms with van der Waals surface area (Å²) in [6, 6.07) is 1.83. The van der Waals surface area contributed by atoms with Gasteiger partial charge in [0.25, 0.3) is 5.91 Å². The van der Waals surface area contributed by atoms with Gasteiger partial charge < -0.3 is 25.0 Å². The maximum atomic E-state index is 13.9. The Morgan fingerprint density at radius 3 is 2.46 bits per heavy atom. The molecule has 2 aliphatic heterocycles. The van der Waals surface area contributed by atoms with E-state index in [0.717, 1.165) is 36.7 Å². The van der Waals surface area contributed by atoms with Crippen molar-refractivity contribution >= 4 is 23.5 Å². The van der Waals surface area contributed by atoms with Crippen LogP contribution in [0.1, 0.15) is 103 Å². The van der Waals surface area contributed by atoms with E-state index in [1.165, 1.54) is 32.1 Å². The van der Waals surface area contributed by atoms with Gasteiger partial charge in [-0.2, -0.15) is 0 Å². The molecule has 4 heterocycles. The molecule has 1 saturated carbocycles. The van der Waals surface area contributed by atoms with Crippen molar-refractivity contribution in [1.82, 2.24) is 19.9 Å². The monoisotopic (exact) mass is 564 g/mol. The van der Waals surface area contributed by atoms with E-state index in [0.29, 0.717) is 55.7 Å². The van der Waals surface area contributed by atoms with Gasteiger partial charge in [-0.3, -0.25) is 4.79 Å². The molecule has 0 bridgehead atoms. The molecule has 2 N–H and O–H groups in total. The fourth-order valence-electron chi connectivity index (χ4n) is 6.69. The molecule has 2 aromatic heterocycles. The summed E-state index contributed by atoms with van der Waals surface area (Å²) in [5, 5.41) is 13.1. The largest absolute Gasteiger partial charge is 0.478 e. The van der Waals surface area contributed by atoms with Crippen molar-refractivity contribution in [3.63, 3.8) is 0 Å². The average molecular weight is 565 g/mol. The Labute approximate surface area is 242 Å². The molecule has 41 heavy (non-hydrogen) atoms. The summed E-state index contributed by atoms with van der Waals surface area (Å²) in [6.45, 7) is 11.6. The lowest BCUT2D eigenvalue weighted by molar-refractivity contribution is 0.0505. The first-order valence-electron chi connectivity index (χ1n) is 15.1. The Hall–Kier alpha value is -3.27. The van der Waals surface area contributed by atoms with Gasteiger partial charge >= 0.3 is 5.97 Å². The standard InChI is InChI=1S/C31H44N6O4/c1-20-16-25(34-21(2)26(20)30(39)40)36-12-13-37(31(3,4)19-36)29(38)24-18-33-28(32-17-22-8-6-5-7-9-22)27(35-24)23-10-14-41-15-11-23/h16,18,22-23H,5-15,17,19H2,1-4H3,(H,32,33)(H,39,40). The Balaban J connectivity index is 1.34. The van der Waals surface area contributed by atoms with Crippen molar-refractivity contribution in [2.75, 3.05) is 49.6 Å². The molecule has 1 aliphatic carbocycles. The van der Waals surface area contributed by atoms with E-state index in [1.807, 2.05) is 11.0 Å². The number of nitrogens with zero attached hydrogens (tertiary/aromatic N) is 5. The number of piperazine rings is 1. The number of aromatic carboxylic acids is 1. The Bertz CT molecular complexity index is 1250. The van der Waals surface area contributed by atoms with Gasteiger partial charge in [-0.15, -0.1) is 0 Å². The molecule has 10 heteroatoms. The SMILES string of the molecule is Cc1cc(N2CCN(C(=O)c3cnc(NCC4CCCCC4)c(C4CCOCC4)n3)C(C)(C)C2)nc(C)c1C(=O)O. The van der Waals surface area contributed by atoms with E-state index < -0.39 is 11.5 Å². The number of carboxylic acid groups (broad SMARTS) is 1. The predicted octanol–water partition coefficient (Wildman–Crippen LogP) is 4.81. The van der Waals surface area contributed by atoms with Gasteiger partial charge in [-0.25, -0.2) is 19.7 Å². The predicted molar refractivity (Wildman–Crippen MR) is 158 cm³/mol. The van der Waals surface area contributed by atoms with Crippen LogP contribution in [0.3, 0.4) is 0 Å².